The molecule has 3 aliphatic heterocycles. The van der Waals surface area contributed by atoms with Gasteiger partial charge in [-0.1, -0.05) is 0 Å². The Morgan fingerprint density at radius 2 is 2.00 bits per heavy atom. The van der Waals surface area contributed by atoms with Gasteiger partial charge in [-0.25, -0.2) is 9.97 Å². The average molecular weight is 327 g/mol. The third kappa shape index (κ3) is 2.48. The van der Waals surface area contributed by atoms with Gasteiger partial charge in [0.25, 0.3) is 0 Å². The van der Waals surface area contributed by atoms with Crippen LogP contribution >= 0.6 is 0 Å². The second kappa shape index (κ2) is 5.69. The van der Waals surface area contributed by atoms with Crippen LogP contribution in [0.5, 0.6) is 0 Å². The van der Waals surface area contributed by atoms with E-state index < -0.39 is 0 Å². The first kappa shape index (κ1) is 14.6. The topological polar surface area (TPSA) is 52.6 Å². The first-order valence-corrected chi connectivity index (χ1v) is 9.40. The Labute approximate surface area is 142 Å². The lowest BCUT2D eigenvalue weighted by molar-refractivity contribution is -0.133. The molecular weight excluding hydrogens is 302 g/mol. The van der Waals surface area contributed by atoms with Gasteiger partial charge in [-0.05, 0) is 38.6 Å². The van der Waals surface area contributed by atoms with E-state index in [1.165, 1.54) is 24.9 Å². The van der Waals surface area contributed by atoms with Crippen molar-refractivity contribution in [2.24, 2.45) is 5.92 Å². The summed E-state index contributed by atoms with van der Waals surface area (Å²) in [5, 5.41) is 0. The smallest absolute Gasteiger partial charge is 0.226 e. The van der Waals surface area contributed by atoms with Crippen LogP contribution in [-0.2, 0) is 17.8 Å². The Morgan fingerprint density at radius 3 is 2.88 bits per heavy atom. The minimum Gasteiger partial charge on any atom is -0.353 e. The third-order valence-electron chi connectivity index (χ3n) is 6.11. The van der Waals surface area contributed by atoms with Crippen molar-refractivity contribution in [3.05, 3.63) is 17.6 Å². The van der Waals surface area contributed by atoms with Crippen molar-refractivity contribution in [2.75, 3.05) is 37.6 Å². The van der Waals surface area contributed by atoms with E-state index >= 15 is 0 Å². The van der Waals surface area contributed by atoms with Crippen LogP contribution in [0.3, 0.4) is 0 Å². The normalized spacial score (nSPS) is 27.1. The van der Waals surface area contributed by atoms with Gasteiger partial charge >= 0.3 is 0 Å². The molecule has 1 amide bonds. The van der Waals surface area contributed by atoms with Gasteiger partial charge < -0.3 is 9.80 Å². The average Bonchev–Trinajstić information content (AvgIpc) is 3.37. The van der Waals surface area contributed by atoms with E-state index in [1.807, 2.05) is 4.90 Å². The van der Waals surface area contributed by atoms with Crippen LogP contribution in [-0.4, -0.2) is 64.4 Å². The van der Waals surface area contributed by atoms with Gasteiger partial charge in [0.1, 0.15) is 12.1 Å². The maximum absolute atomic E-state index is 12.3. The molecule has 1 aromatic heterocycles. The number of fused-ring (bicyclic) bond motifs is 2. The number of hydrogen-bond donors (Lipinski definition) is 0. The zero-order valence-electron chi connectivity index (χ0n) is 14.2. The molecule has 1 atom stereocenters. The van der Waals surface area contributed by atoms with Gasteiger partial charge in [-0.2, -0.15) is 0 Å². The third-order valence-corrected chi connectivity index (χ3v) is 6.11. The van der Waals surface area contributed by atoms with E-state index in [0.29, 0.717) is 24.4 Å². The number of carbonyl (C=O) groups is 1. The molecular formula is C18H25N5O. The molecule has 0 bridgehead atoms. The maximum atomic E-state index is 12.3. The summed E-state index contributed by atoms with van der Waals surface area (Å²) in [6.45, 7) is 6.06. The number of amides is 1. The monoisotopic (exact) mass is 327 g/mol. The van der Waals surface area contributed by atoms with Crippen LogP contribution in [0.15, 0.2) is 6.33 Å². The first-order valence-electron chi connectivity index (χ1n) is 9.40. The van der Waals surface area contributed by atoms with Crippen molar-refractivity contribution in [3.8, 4) is 0 Å². The number of carbonyl (C=O) groups excluding carboxylic acids is 1. The van der Waals surface area contributed by atoms with Crippen molar-refractivity contribution in [1.29, 1.82) is 0 Å². The maximum Gasteiger partial charge on any atom is 0.226 e. The Morgan fingerprint density at radius 1 is 1.08 bits per heavy atom. The number of hydrogen-bond acceptors (Lipinski definition) is 5. The molecule has 2 saturated heterocycles. The zero-order valence-corrected chi connectivity index (χ0v) is 14.2. The van der Waals surface area contributed by atoms with Crippen LogP contribution < -0.4 is 4.90 Å². The molecule has 1 unspecified atom stereocenters. The summed E-state index contributed by atoms with van der Waals surface area (Å²) in [6.07, 6.45) is 7.38. The Balaban J connectivity index is 1.37. The molecule has 4 heterocycles. The second-order valence-electron chi connectivity index (χ2n) is 7.68. The lowest BCUT2D eigenvalue weighted by Crippen LogP contribution is -2.51. The fourth-order valence-corrected chi connectivity index (χ4v) is 4.57. The van der Waals surface area contributed by atoms with Crippen LogP contribution in [0.25, 0.3) is 0 Å². The molecule has 0 N–H and O–H groups in total. The first-order chi connectivity index (χ1) is 11.8. The molecule has 0 radical (unpaired) electrons. The van der Waals surface area contributed by atoms with Gasteiger partial charge in [0.2, 0.25) is 5.91 Å². The highest BCUT2D eigenvalue weighted by molar-refractivity contribution is 5.81. The van der Waals surface area contributed by atoms with Crippen LogP contribution in [0.1, 0.15) is 36.9 Å². The Hall–Kier alpha value is -1.69. The van der Waals surface area contributed by atoms with Crippen molar-refractivity contribution >= 4 is 11.7 Å². The highest BCUT2D eigenvalue weighted by Gasteiger charge is 2.36. The fraction of sp³-hybridized carbons (Fsp3) is 0.722. The van der Waals surface area contributed by atoms with Gasteiger partial charge in [-0.15, -0.1) is 0 Å². The number of rotatable bonds is 2. The Kier molecular flexibility index (Phi) is 3.47. The molecule has 1 saturated carbocycles. The van der Waals surface area contributed by atoms with E-state index in [0.717, 1.165) is 57.0 Å². The number of piperazine rings is 1. The van der Waals surface area contributed by atoms with Gasteiger partial charge in [0.15, 0.2) is 0 Å². The standard InChI is InChI=1S/C18H25N5O/c24-18(13-3-4-13)23-7-5-15-16(11-23)19-12-20-17(15)22-9-8-21-6-1-2-14(21)10-22/h12-14H,1-11H2. The summed E-state index contributed by atoms with van der Waals surface area (Å²) in [5.74, 6) is 1.76. The quantitative estimate of drug-likeness (QED) is 0.813. The second-order valence-corrected chi connectivity index (χ2v) is 7.68. The predicted molar refractivity (Wildman–Crippen MR) is 90.7 cm³/mol. The predicted octanol–water partition coefficient (Wildman–Crippen LogP) is 1.06. The molecule has 24 heavy (non-hydrogen) atoms. The molecule has 0 aromatic carbocycles. The van der Waals surface area contributed by atoms with Gasteiger partial charge in [0.05, 0.1) is 12.2 Å². The Bertz CT molecular complexity index is 659. The van der Waals surface area contributed by atoms with E-state index in [2.05, 4.69) is 19.8 Å². The van der Waals surface area contributed by atoms with Crippen LogP contribution in [0.2, 0.25) is 0 Å². The highest BCUT2D eigenvalue weighted by atomic mass is 16.2. The van der Waals surface area contributed by atoms with Gasteiger partial charge in [-0.3, -0.25) is 9.69 Å². The van der Waals surface area contributed by atoms with Crippen LogP contribution in [0.4, 0.5) is 5.82 Å². The lowest BCUT2D eigenvalue weighted by Gasteiger charge is -2.39. The molecule has 0 spiro atoms. The summed E-state index contributed by atoms with van der Waals surface area (Å²) in [5.41, 5.74) is 2.35. The number of aromatic nitrogens is 2. The summed E-state index contributed by atoms with van der Waals surface area (Å²) in [6, 6.07) is 0.695. The van der Waals surface area contributed by atoms with E-state index in [-0.39, 0.29) is 0 Å². The summed E-state index contributed by atoms with van der Waals surface area (Å²) in [4.78, 5) is 28.6. The van der Waals surface area contributed by atoms with Crippen molar-refractivity contribution < 1.29 is 4.79 Å². The largest absolute Gasteiger partial charge is 0.353 e. The number of nitrogens with zero attached hydrogens (tertiary/aromatic N) is 5. The van der Waals surface area contributed by atoms with E-state index in [4.69, 9.17) is 0 Å². The number of anilines is 1. The molecule has 4 aliphatic rings. The lowest BCUT2D eigenvalue weighted by atomic mass is 10.0. The fourth-order valence-electron chi connectivity index (χ4n) is 4.57. The molecule has 3 fully saturated rings. The minimum absolute atomic E-state index is 0.295. The van der Waals surface area contributed by atoms with Gasteiger partial charge in [0, 0.05) is 43.7 Å². The molecule has 128 valence electrons. The summed E-state index contributed by atoms with van der Waals surface area (Å²) in [7, 11) is 0. The summed E-state index contributed by atoms with van der Waals surface area (Å²) < 4.78 is 0. The van der Waals surface area contributed by atoms with Crippen molar-refractivity contribution in [3.63, 3.8) is 0 Å². The van der Waals surface area contributed by atoms with E-state index in [9.17, 15) is 4.79 Å². The van der Waals surface area contributed by atoms with E-state index in [1.54, 1.807) is 6.33 Å². The molecule has 6 nitrogen and oxygen atoms in total. The highest BCUT2D eigenvalue weighted by Crippen LogP contribution is 2.34. The van der Waals surface area contributed by atoms with Crippen LogP contribution in [0, 0.1) is 5.92 Å². The van der Waals surface area contributed by atoms with Crippen molar-refractivity contribution in [1.82, 2.24) is 19.8 Å². The molecule has 5 rings (SSSR count). The minimum atomic E-state index is 0.295. The molecule has 1 aliphatic carbocycles. The van der Waals surface area contributed by atoms with Crippen molar-refractivity contribution in [2.45, 2.75) is 44.7 Å². The summed E-state index contributed by atoms with van der Waals surface area (Å²) >= 11 is 0. The molecule has 1 aromatic rings. The zero-order chi connectivity index (χ0) is 16.1. The SMILES string of the molecule is O=C(C1CC1)N1CCc2c(ncnc2N2CCN3CCCC3C2)C1. The molecule has 6 heteroatoms.